The van der Waals surface area contributed by atoms with Crippen LogP contribution in [0.25, 0.3) is 0 Å². The Balaban J connectivity index is 2.78. The number of phenols is 1. The van der Waals surface area contributed by atoms with Gasteiger partial charge in [0, 0.05) is 5.56 Å². The third kappa shape index (κ3) is 2.59. The molecule has 0 unspecified atom stereocenters. The Morgan fingerprint density at radius 3 is 2.15 bits per heavy atom. The first-order valence-corrected chi connectivity index (χ1v) is 3.63. The fraction of sp³-hybridized carbons (Fsp3) is 0.111. The van der Waals surface area contributed by atoms with Crippen LogP contribution in [0.4, 0.5) is 0 Å². The lowest BCUT2D eigenvalue weighted by molar-refractivity contribution is -0.135. The van der Waals surface area contributed by atoms with Crippen molar-refractivity contribution in [1.82, 2.24) is 0 Å². The molecule has 4 nitrogen and oxygen atoms in total. The highest BCUT2D eigenvalue weighted by Crippen LogP contribution is 2.10. The molecule has 1 aromatic rings. The van der Waals surface area contributed by atoms with Gasteiger partial charge < -0.3 is 10.2 Å². The van der Waals surface area contributed by atoms with E-state index in [-0.39, 0.29) is 5.75 Å². The van der Waals surface area contributed by atoms with E-state index in [9.17, 15) is 9.59 Å². The summed E-state index contributed by atoms with van der Waals surface area (Å²) in [5, 5.41) is 17.2. The second-order valence-electron chi connectivity index (χ2n) is 2.54. The summed E-state index contributed by atoms with van der Waals surface area (Å²) < 4.78 is 0. The summed E-state index contributed by atoms with van der Waals surface area (Å²) in [5.74, 6) is -1.57. The number of carboxylic acids is 1. The van der Waals surface area contributed by atoms with E-state index in [2.05, 4.69) is 0 Å². The van der Waals surface area contributed by atoms with E-state index in [1.165, 1.54) is 24.3 Å². The van der Waals surface area contributed by atoms with Gasteiger partial charge in [-0.05, 0) is 24.3 Å². The molecule has 0 aliphatic heterocycles. The summed E-state index contributed by atoms with van der Waals surface area (Å²) in [6, 6.07) is 5.46. The molecule has 0 saturated heterocycles. The molecule has 0 heterocycles. The van der Waals surface area contributed by atoms with Crippen molar-refractivity contribution in [3.05, 3.63) is 29.8 Å². The summed E-state index contributed by atoms with van der Waals surface area (Å²) in [4.78, 5) is 21.3. The molecule has 1 rings (SSSR count). The molecule has 0 radical (unpaired) electrons. The first-order valence-electron chi connectivity index (χ1n) is 3.63. The zero-order valence-corrected chi connectivity index (χ0v) is 6.73. The SMILES string of the molecule is O=C(O)CC(=O)c1ccc(O)cc1. The average Bonchev–Trinajstić information content (AvgIpc) is 2.04. The topological polar surface area (TPSA) is 74.6 Å². The van der Waals surface area contributed by atoms with Gasteiger partial charge in [0.05, 0.1) is 0 Å². The van der Waals surface area contributed by atoms with Gasteiger partial charge in [-0.25, -0.2) is 0 Å². The molecule has 0 aromatic heterocycles. The van der Waals surface area contributed by atoms with Crippen LogP contribution in [0.2, 0.25) is 0 Å². The minimum absolute atomic E-state index is 0.0480. The summed E-state index contributed by atoms with van der Waals surface area (Å²) in [7, 11) is 0. The van der Waals surface area contributed by atoms with Crippen molar-refractivity contribution < 1.29 is 19.8 Å². The number of phenolic OH excluding ortho intramolecular Hbond substituents is 1. The minimum atomic E-state index is -1.15. The monoisotopic (exact) mass is 180 g/mol. The number of carbonyl (C=O) groups is 2. The quantitative estimate of drug-likeness (QED) is 0.538. The predicted octanol–water partition coefficient (Wildman–Crippen LogP) is 1.05. The third-order valence-corrected chi connectivity index (χ3v) is 1.50. The molecule has 0 saturated carbocycles. The largest absolute Gasteiger partial charge is 0.508 e. The van der Waals surface area contributed by atoms with Crippen molar-refractivity contribution in [2.75, 3.05) is 0 Å². The van der Waals surface area contributed by atoms with Crippen LogP contribution in [-0.2, 0) is 4.79 Å². The van der Waals surface area contributed by atoms with E-state index in [1.807, 2.05) is 0 Å². The van der Waals surface area contributed by atoms with E-state index < -0.39 is 18.2 Å². The highest BCUT2D eigenvalue weighted by molar-refractivity contribution is 6.05. The van der Waals surface area contributed by atoms with Crippen LogP contribution >= 0.6 is 0 Å². The molecule has 1 aromatic carbocycles. The molecule has 4 heteroatoms. The fourth-order valence-electron chi connectivity index (χ4n) is 0.887. The number of benzene rings is 1. The maximum absolute atomic E-state index is 11.1. The number of aliphatic carboxylic acids is 1. The van der Waals surface area contributed by atoms with Crippen molar-refractivity contribution in [3.63, 3.8) is 0 Å². The number of carboxylic acid groups (broad SMARTS) is 1. The van der Waals surface area contributed by atoms with Gasteiger partial charge in [-0.2, -0.15) is 0 Å². The Morgan fingerprint density at radius 2 is 1.69 bits per heavy atom. The van der Waals surface area contributed by atoms with Crippen molar-refractivity contribution >= 4 is 11.8 Å². The van der Waals surface area contributed by atoms with Crippen LogP contribution in [0.15, 0.2) is 24.3 Å². The maximum Gasteiger partial charge on any atom is 0.311 e. The first-order chi connectivity index (χ1) is 6.09. The number of Topliss-reactive ketones (excluding diaryl/α,β-unsaturated/α-hetero) is 1. The number of carbonyl (C=O) groups excluding carboxylic acids is 1. The molecule has 0 amide bonds. The molecule has 2 N–H and O–H groups in total. The van der Waals surface area contributed by atoms with Crippen LogP contribution in [-0.4, -0.2) is 22.0 Å². The third-order valence-electron chi connectivity index (χ3n) is 1.50. The van der Waals surface area contributed by atoms with E-state index in [0.29, 0.717) is 5.56 Å². The van der Waals surface area contributed by atoms with E-state index >= 15 is 0 Å². The average molecular weight is 180 g/mol. The van der Waals surface area contributed by atoms with Gasteiger partial charge in [-0.3, -0.25) is 9.59 Å². The van der Waals surface area contributed by atoms with Crippen LogP contribution in [0.3, 0.4) is 0 Å². The van der Waals surface area contributed by atoms with Crippen molar-refractivity contribution in [2.24, 2.45) is 0 Å². The lowest BCUT2D eigenvalue weighted by atomic mass is 10.1. The molecule has 0 aliphatic rings. The normalized spacial score (nSPS) is 9.54. The zero-order valence-electron chi connectivity index (χ0n) is 6.73. The summed E-state index contributed by atoms with van der Waals surface area (Å²) in [6.45, 7) is 0. The maximum atomic E-state index is 11.1. The van der Waals surface area contributed by atoms with Gasteiger partial charge in [0.1, 0.15) is 12.2 Å². The Kier molecular flexibility index (Phi) is 2.64. The van der Waals surface area contributed by atoms with E-state index in [4.69, 9.17) is 10.2 Å². The molecule has 0 aliphatic carbocycles. The highest BCUT2D eigenvalue weighted by atomic mass is 16.4. The molecule has 0 bridgehead atoms. The number of aromatic hydroxyl groups is 1. The molecular formula is C9H8O4. The van der Waals surface area contributed by atoms with Gasteiger partial charge in [0.15, 0.2) is 5.78 Å². The van der Waals surface area contributed by atoms with Gasteiger partial charge in [0.2, 0.25) is 0 Å². The lowest BCUT2D eigenvalue weighted by Crippen LogP contribution is -2.06. The van der Waals surface area contributed by atoms with Gasteiger partial charge in [-0.1, -0.05) is 0 Å². The first kappa shape index (κ1) is 9.25. The number of hydrogen-bond donors (Lipinski definition) is 2. The Labute approximate surface area is 74.4 Å². The molecule has 68 valence electrons. The number of rotatable bonds is 3. The summed E-state index contributed by atoms with van der Waals surface area (Å²) in [6.07, 6.45) is -0.523. The summed E-state index contributed by atoms with van der Waals surface area (Å²) >= 11 is 0. The standard InChI is InChI=1S/C9H8O4/c10-7-3-1-6(2-4-7)8(11)5-9(12)13/h1-4,10H,5H2,(H,12,13). The summed E-state index contributed by atoms with van der Waals surface area (Å²) in [5.41, 5.74) is 0.292. The van der Waals surface area contributed by atoms with Gasteiger partial charge in [0.25, 0.3) is 0 Å². The van der Waals surface area contributed by atoms with Crippen LogP contribution < -0.4 is 0 Å². The molecule has 0 atom stereocenters. The predicted molar refractivity (Wildman–Crippen MR) is 44.7 cm³/mol. The Hall–Kier alpha value is -1.84. The molecule has 0 spiro atoms. The Morgan fingerprint density at radius 1 is 1.15 bits per heavy atom. The van der Waals surface area contributed by atoms with Crippen molar-refractivity contribution in [2.45, 2.75) is 6.42 Å². The van der Waals surface area contributed by atoms with E-state index in [0.717, 1.165) is 0 Å². The zero-order chi connectivity index (χ0) is 9.84. The van der Waals surface area contributed by atoms with E-state index in [1.54, 1.807) is 0 Å². The fourth-order valence-corrected chi connectivity index (χ4v) is 0.887. The second kappa shape index (κ2) is 3.71. The second-order valence-corrected chi connectivity index (χ2v) is 2.54. The highest BCUT2D eigenvalue weighted by Gasteiger charge is 2.09. The van der Waals surface area contributed by atoms with Crippen LogP contribution in [0, 0.1) is 0 Å². The Bertz CT molecular complexity index is 326. The smallest absolute Gasteiger partial charge is 0.311 e. The van der Waals surface area contributed by atoms with Crippen LogP contribution in [0.5, 0.6) is 5.75 Å². The number of hydrogen-bond acceptors (Lipinski definition) is 3. The lowest BCUT2D eigenvalue weighted by Gasteiger charge is -1.97. The van der Waals surface area contributed by atoms with Crippen LogP contribution in [0.1, 0.15) is 16.8 Å². The van der Waals surface area contributed by atoms with Gasteiger partial charge >= 0.3 is 5.97 Å². The van der Waals surface area contributed by atoms with Crippen molar-refractivity contribution in [1.29, 1.82) is 0 Å². The molecular weight excluding hydrogens is 172 g/mol. The van der Waals surface area contributed by atoms with Gasteiger partial charge in [-0.15, -0.1) is 0 Å². The van der Waals surface area contributed by atoms with Crippen molar-refractivity contribution in [3.8, 4) is 5.75 Å². The molecule has 13 heavy (non-hydrogen) atoms. The molecule has 0 fully saturated rings. The minimum Gasteiger partial charge on any atom is -0.508 e. The number of ketones is 1.